The van der Waals surface area contributed by atoms with Crippen molar-refractivity contribution in [2.45, 2.75) is 18.2 Å². The van der Waals surface area contributed by atoms with Crippen LogP contribution in [0.1, 0.15) is 24.9 Å². The number of nitrogens with one attached hydrogen (secondary N) is 3. The summed E-state index contributed by atoms with van der Waals surface area (Å²) in [4.78, 5) is 14.9. The number of aromatic amines is 1. The van der Waals surface area contributed by atoms with Gasteiger partial charge >= 0.3 is 0 Å². The predicted molar refractivity (Wildman–Crippen MR) is 125 cm³/mol. The van der Waals surface area contributed by atoms with E-state index in [1.807, 2.05) is 6.07 Å². The molecule has 0 aliphatic rings. The van der Waals surface area contributed by atoms with Crippen LogP contribution in [0.3, 0.4) is 0 Å². The third-order valence-corrected chi connectivity index (χ3v) is 5.91. The zero-order chi connectivity index (χ0) is 25.2. The van der Waals surface area contributed by atoms with Gasteiger partial charge < -0.3 is 20.4 Å². The lowest BCUT2D eigenvalue weighted by molar-refractivity contribution is 0.142. The Labute approximate surface area is 198 Å². The van der Waals surface area contributed by atoms with Gasteiger partial charge in [-0.2, -0.15) is 5.26 Å². The van der Waals surface area contributed by atoms with E-state index in [0.29, 0.717) is 12.4 Å². The van der Waals surface area contributed by atoms with E-state index < -0.39 is 22.1 Å². The number of sulfone groups is 1. The van der Waals surface area contributed by atoms with Crippen molar-refractivity contribution < 1.29 is 21.9 Å². The number of hydrogen-bond donors (Lipinski definition) is 3. The number of nitrogens with zero attached hydrogens (tertiary/aromatic N) is 4. The highest BCUT2D eigenvalue weighted by molar-refractivity contribution is 7.90. The minimum absolute atomic E-state index is 0.0240. The smallest absolute Gasteiger partial charge is 0.295 e. The normalized spacial score (nSPS) is 11.4. The zero-order valence-electron chi connectivity index (χ0n) is 18.5. The number of imidazole rings is 1. The Kier molecular flexibility index (Phi) is 6.48. The third kappa shape index (κ3) is 5.12. The highest BCUT2D eigenvalue weighted by Gasteiger charge is 2.19. The average Bonchev–Trinajstić information content (AvgIpc) is 3.25. The summed E-state index contributed by atoms with van der Waals surface area (Å²) in [5.41, 5.74) is 0.645. The second kappa shape index (κ2) is 9.51. The van der Waals surface area contributed by atoms with E-state index in [2.05, 4.69) is 30.6 Å². The van der Waals surface area contributed by atoms with Crippen molar-refractivity contribution in [3.63, 3.8) is 0 Å². The summed E-state index contributed by atoms with van der Waals surface area (Å²) in [5.74, 6) is 0.170. The molecule has 13 heteroatoms. The third-order valence-electron chi connectivity index (χ3n) is 4.75. The van der Waals surface area contributed by atoms with Crippen LogP contribution in [-0.4, -0.2) is 41.2 Å². The largest absolute Gasteiger partial charge is 0.491 e. The summed E-state index contributed by atoms with van der Waals surface area (Å²) in [5, 5.41) is 15.2. The number of ether oxygens (including phenoxy) is 1. The molecule has 35 heavy (non-hydrogen) atoms. The molecule has 4 aromatic rings. The number of pyridine rings is 2. The molecule has 0 aliphatic carbocycles. The lowest BCUT2D eigenvalue weighted by Gasteiger charge is -2.13. The highest BCUT2D eigenvalue weighted by atomic mass is 32.2. The minimum Gasteiger partial charge on any atom is -0.491 e. The van der Waals surface area contributed by atoms with E-state index in [4.69, 9.17) is 4.74 Å². The molecule has 3 aromatic heterocycles. The number of hydrogen-bond acceptors (Lipinski definition) is 9. The second-order valence-corrected chi connectivity index (χ2v) is 9.27. The number of aromatic nitrogens is 4. The maximum Gasteiger partial charge on any atom is 0.295 e. The van der Waals surface area contributed by atoms with Crippen molar-refractivity contribution in [1.29, 1.82) is 5.26 Å². The van der Waals surface area contributed by atoms with Crippen LogP contribution in [0.5, 0.6) is 5.75 Å². The molecular formula is C22H19F2N7O3S. The van der Waals surface area contributed by atoms with Crippen molar-refractivity contribution in [2.75, 3.05) is 23.5 Å². The number of nitriles is 1. The Bertz CT molecular complexity index is 1550. The van der Waals surface area contributed by atoms with E-state index in [1.54, 1.807) is 37.3 Å². The molecule has 10 nitrogen and oxygen atoms in total. The molecular weight excluding hydrogens is 480 g/mol. The molecule has 3 heterocycles. The van der Waals surface area contributed by atoms with Gasteiger partial charge in [0.2, 0.25) is 0 Å². The zero-order valence-corrected chi connectivity index (χ0v) is 19.3. The van der Waals surface area contributed by atoms with Crippen molar-refractivity contribution in [3.05, 3.63) is 54.0 Å². The van der Waals surface area contributed by atoms with Crippen LogP contribution in [0.25, 0.3) is 11.2 Å². The maximum atomic E-state index is 13.3. The van der Waals surface area contributed by atoms with Crippen molar-refractivity contribution in [1.82, 2.24) is 19.9 Å². The topological polar surface area (TPSA) is 146 Å². The Morgan fingerprint density at radius 3 is 2.54 bits per heavy atom. The lowest BCUT2D eigenvalue weighted by atomic mass is 10.2. The SMILES string of the molecule is CCOc1ccc(Nc2cc(Nc3ccccc3S(C)(=O)=O)c3nc(C(F)F)[nH]c3n2)nc1C#N. The van der Waals surface area contributed by atoms with Gasteiger partial charge in [-0.15, -0.1) is 0 Å². The number of benzene rings is 1. The minimum atomic E-state index is -3.58. The quantitative estimate of drug-likeness (QED) is 0.320. The molecule has 0 unspecified atom stereocenters. The maximum absolute atomic E-state index is 13.3. The Morgan fingerprint density at radius 2 is 1.86 bits per heavy atom. The Morgan fingerprint density at radius 1 is 1.09 bits per heavy atom. The summed E-state index contributed by atoms with van der Waals surface area (Å²) in [6.45, 7) is 2.14. The van der Waals surface area contributed by atoms with Crippen LogP contribution >= 0.6 is 0 Å². The van der Waals surface area contributed by atoms with Gasteiger partial charge in [0.15, 0.2) is 32.8 Å². The summed E-state index contributed by atoms with van der Waals surface area (Å²) in [6.07, 6.45) is -1.81. The fourth-order valence-corrected chi connectivity index (χ4v) is 4.15. The van der Waals surface area contributed by atoms with Crippen LogP contribution in [0.4, 0.5) is 31.8 Å². The average molecular weight is 500 g/mol. The van der Waals surface area contributed by atoms with E-state index in [-0.39, 0.29) is 44.8 Å². The summed E-state index contributed by atoms with van der Waals surface area (Å²) in [6, 6.07) is 12.8. The summed E-state index contributed by atoms with van der Waals surface area (Å²) >= 11 is 0. The van der Waals surface area contributed by atoms with Crippen LogP contribution in [0, 0.1) is 11.3 Å². The second-order valence-electron chi connectivity index (χ2n) is 7.28. The van der Waals surface area contributed by atoms with E-state index in [9.17, 15) is 22.5 Å². The van der Waals surface area contributed by atoms with Gasteiger partial charge in [-0.1, -0.05) is 12.1 Å². The van der Waals surface area contributed by atoms with Gasteiger partial charge in [-0.05, 0) is 31.2 Å². The van der Waals surface area contributed by atoms with Crippen LogP contribution < -0.4 is 15.4 Å². The first kappa shape index (κ1) is 23.8. The van der Waals surface area contributed by atoms with E-state index in [0.717, 1.165) is 6.26 Å². The molecule has 180 valence electrons. The molecule has 0 aliphatic heterocycles. The number of H-pyrrole nitrogens is 1. The Balaban J connectivity index is 1.79. The molecule has 4 rings (SSSR count). The molecule has 0 spiro atoms. The van der Waals surface area contributed by atoms with Gasteiger partial charge in [-0.25, -0.2) is 32.2 Å². The molecule has 1 aromatic carbocycles. The monoisotopic (exact) mass is 499 g/mol. The molecule has 3 N–H and O–H groups in total. The number of fused-ring (bicyclic) bond motifs is 1. The first-order valence-electron chi connectivity index (χ1n) is 10.3. The molecule has 0 saturated heterocycles. The van der Waals surface area contributed by atoms with Crippen molar-refractivity contribution in [2.24, 2.45) is 0 Å². The molecule has 0 atom stereocenters. The first-order chi connectivity index (χ1) is 16.7. The number of halogens is 2. The number of alkyl halides is 2. The number of para-hydroxylation sites is 1. The van der Waals surface area contributed by atoms with Gasteiger partial charge in [0.1, 0.15) is 23.2 Å². The van der Waals surface area contributed by atoms with Gasteiger partial charge in [0, 0.05) is 12.3 Å². The van der Waals surface area contributed by atoms with Crippen LogP contribution in [0.15, 0.2) is 47.4 Å². The standard InChI is InChI=1S/C22H19F2N7O3S/c1-3-34-15-8-9-17(27-14(15)11-25)28-18-10-13(19-21(29-18)31-22(30-19)20(23)24)26-12-6-4-5-7-16(12)35(2,32)33/h4-10,20H,3H2,1-2H3,(H3,26,27,28,29,30,31). The molecule has 0 radical (unpaired) electrons. The van der Waals surface area contributed by atoms with Crippen molar-refractivity contribution in [3.8, 4) is 11.8 Å². The molecule has 0 fully saturated rings. The molecule has 0 bridgehead atoms. The van der Waals surface area contributed by atoms with Gasteiger partial charge in [0.25, 0.3) is 6.43 Å². The van der Waals surface area contributed by atoms with Crippen LogP contribution in [-0.2, 0) is 9.84 Å². The molecule has 0 saturated carbocycles. The predicted octanol–water partition coefficient (Wildman–Crippen LogP) is 4.45. The fourth-order valence-electron chi connectivity index (χ4n) is 3.31. The highest BCUT2D eigenvalue weighted by Crippen LogP contribution is 2.32. The van der Waals surface area contributed by atoms with E-state index in [1.165, 1.54) is 12.1 Å². The first-order valence-corrected chi connectivity index (χ1v) is 12.1. The summed E-state index contributed by atoms with van der Waals surface area (Å²) in [7, 11) is -3.58. The Hall–Kier alpha value is -4.31. The molecule has 0 amide bonds. The van der Waals surface area contributed by atoms with Gasteiger partial charge in [-0.3, -0.25) is 0 Å². The summed E-state index contributed by atoms with van der Waals surface area (Å²) < 4.78 is 56.4. The van der Waals surface area contributed by atoms with Crippen molar-refractivity contribution >= 4 is 44.0 Å². The number of anilines is 4. The number of rotatable bonds is 8. The van der Waals surface area contributed by atoms with Crippen LogP contribution in [0.2, 0.25) is 0 Å². The lowest BCUT2D eigenvalue weighted by Crippen LogP contribution is -2.04. The van der Waals surface area contributed by atoms with E-state index >= 15 is 0 Å². The fraction of sp³-hybridized carbons (Fsp3) is 0.182. The van der Waals surface area contributed by atoms with Gasteiger partial charge in [0.05, 0.1) is 22.9 Å².